The van der Waals surface area contributed by atoms with E-state index in [2.05, 4.69) is 77.9 Å². The van der Waals surface area contributed by atoms with Crippen molar-refractivity contribution >= 4 is 22.8 Å². The van der Waals surface area contributed by atoms with Gasteiger partial charge in [-0.15, -0.1) is 0 Å². The smallest absolute Gasteiger partial charge is 0.0639 e. The van der Waals surface area contributed by atoms with Gasteiger partial charge in [-0.25, -0.2) is 0 Å². The van der Waals surface area contributed by atoms with Gasteiger partial charge < -0.3 is 0 Å². The zero-order valence-corrected chi connectivity index (χ0v) is 30.5. The monoisotopic (exact) mass is 644 g/mol. The van der Waals surface area contributed by atoms with E-state index in [4.69, 9.17) is 9.98 Å². The molecule has 0 aliphatic rings. The van der Waals surface area contributed by atoms with Crippen LogP contribution in [0.5, 0.6) is 0 Å². The van der Waals surface area contributed by atoms with Crippen LogP contribution in [-0.4, -0.2) is 11.4 Å². The average molecular weight is 646 g/mol. The van der Waals surface area contributed by atoms with E-state index in [1.54, 1.807) is 0 Å². The van der Waals surface area contributed by atoms with Crippen LogP contribution in [0.3, 0.4) is 0 Å². The van der Waals surface area contributed by atoms with Crippen LogP contribution in [0.4, 0.5) is 11.4 Å². The van der Waals surface area contributed by atoms with Crippen molar-refractivity contribution in [1.29, 1.82) is 0 Å². The Morgan fingerprint density at radius 3 is 1.00 bits per heavy atom. The second kappa shape index (κ2) is 25.5. The molecule has 0 fully saturated rings. The minimum atomic E-state index is 0. The number of unbranched alkanes of at least 4 members (excludes halogenated alkanes) is 9. The zero-order valence-electron chi connectivity index (χ0n) is 29.5. The van der Waals surface area contributed by atoms with E-state index < -0.39 is 0 Å². The van der Waals surface area contributed by atoms with Crippen LogP contribution >= 0.6 is 0 Å². The van der Waals surface area contributed by atoms with E-state index in [0.717, 1.165) is 49.9 Å². The Morgan fingerprint density at radius 1 is 0.386 bits per heavy atom. The number of aliphatic imine (C=N–C) groups is 2. The summed E-state index contributed by atoms with van der Waals surface area (Å²) in [5.74, 6) is 0. The summed E-state index contributed by atoms with van der Waals surface area (Å²) in [5.41, 5.74) is 10.6. The number of hydrogen-bond acceptors (Lipinski definition) is 2. The standard InChI is InChI=1S/C41H66N2.Ni/c1-7-13-19-21-27-41(43-39-32-36(24-17-11-5)29-37(33-39)25-18-12-6)40(26-20-14-8-2)42-38-30-34(22-15-9-3)28-35(31-38)23-16-10-4;/h28-33H,7-27H2,1-6H3;. The van der Waals surface area contributed by atoms with Crippen molar-refractivity contribution in [2.75, 3.05) is 0 Å². The molecule has 2 aromatic carbocycles. The third-order valence-corrected chi connectivity index (χ3v) is 8.50. The molecule has 2 nitrogen and oxygen atoms in total. The van der Waals surface area contributed by atoms with E-state index in [-0.39, 0.29) is 16.5 Å². The molecule has 0 radical (unpaired) electrons. The molecule has 0 atom stereocenters. The Labute approximate surface area is 283 Å². The number of benzene rings is 2. The Bertz CT molecular complexity index is 1030. The van der Waals surface area contributed by atoms with Crippen LogP contribution in [0.1, 0.15) is 173 Å². The third-order valence-electron chi connectivity index (χ3n) is 8.50. The van der Waals surface area contributed by atoms with Gasteiger partial charge in [0.25, 0.3) is 0 Å². The fourth-order valence-corrected chi connectivity index (χ4v) is 5.82. The van der Waals surface area contributed by atoms with Gasteiger partial charge in [0.2, 0.25) is 0 Å². The summed E-state index contributed by atoms with van der Waals surface area (Å²) in [6.45, 7) is 13.8. The fourth-order valence-electron chi connectivity index (χ4n) is 5.82. The molecule has 250 valence electrons. The van der Waals surface area contributed by atoms with Gasteiger partial charge in [-0.05, 0) is 124 Å². The zero-order chi connectivity index (χ0) is 31.1. The maximum absolute atomic E-state index is 5.50. The van der Waals surface area contributed by atoms with Crippen molar-refractivity contribution in [2.24, 2.45) is 9.98 Å². The van der Waals surface area contributed by atoms with Crippen LogP contribution in [0.15, 0.2) is 46.4 Å². The molecule has 2 aromatic rings. The summed E-state index contributed by atoms with van der Waals surface area (Å²) in [4.78, 5) is 11.0. The predicted octanol–water partition coefficient (Wildman–Crippen LogP) is 13.5. The Kier molecular flexibility index (Phi) is 23.3. The molecule has 0 N–H and O–H groups in total. The van der Waals surface area contributed by atoms with Crippen LogP contribution in [0.25, 0.3) is 0 Å². The minimum Gasteiger partial charge on any atom is -0.252 e. The molecule has 0 saturated heterocycles. The van der Waals surface area contributed by atoms with Crippen molar-refractivity contribution in [3.05, 3.63) is 58.7 Å². The Balaban J connectivity index is 0.00000968. The SMILES string of the molecule is CCCCCCC(=Nc1cc(CCCC)cc(CCCC)c1)C(CCCCC)=Nc1cc(CCCC)cc(CCCC)c1.[Ni]. The van der Waals surface area contributed by atoms with E-state index in [1.807, 2.05) is 0 Å². The van der Waals surface area contributed by atoms with Crippen molar-refractivity contribution in [2.45, 2.75) is 176 Å². The van der Waals surface area contributed by atoms with Gasteiger partial charge in [0.15, 0.2) is 0 Å². The number of hydrogen-bond donors (Lipinski definition) is 0. The molecule has 44 heavy (non-hydrogen) atoms. The van der Waals surface area contributed by atoms with Crippen LogP contribution in [0, 0.1) is 0 Å². The van der Waals surface area contributed by atoms with Crippen molar-refractivity contribution in [3.63, 3.8) is 0 Å². The molecule has 3 heteroatoms. The summed E-state index contributed by atoms with van der Waals surface area (Å²) >= 11 is 0. The molecular weight excluding hydrogens is 579 g/mol. The summed E-state index contributed by atoms with van der Waals surface area (Å²) in [5, 5.41) is 0. The van der Waals surface area contributed by atoms with E-state index >= 15 is 0 Å². The summed E-state index contributed by atoms with van der Waals surface area (Å²) in [6.07, 6.45) is 25.2. The molecule has 0 saturated carbocycles. The molecule has 0 amide bonds. The second-order valence-electron chi connectivity index (χ2n) is 12.8. The Hall–Kier alpha value is -1.73. The quantitative estimate of drug-likeness (QED) is 0.0617. The second-order valence-corrected chi connectivity index (χ2v) is 12.8. The fraction of sp³-hybridized carbons (Fsp3) is 0.659. The topological polar surface area (TPSA) is 24.7 Å². The van der Waals surface area contributed by atoms with Crippen LogP contribution < -0.4 is 0 Å². The Morgan fingerprint density at radius 2 is 0.682 bits per heavy atom. The summed E-state index contributed by atoms with van der Waals surface area (Å²) in [7, 11) is 0. The summed E-state index contributed by atoms with van der Waals surface area (Å²) < 4.78 is 0. The van der Waals surface area contributed by atoms with Gasteiger partial charge in [-0.1, -0.05) is 111 Å². The average Bonchev–Trinajstić information content (AvgIpc) is 3.01. The molecule has 0 aromatic heterocycles. The molecule has 0 bridgehead atoms. The van der Waals surface area contributed by atoms with Crippen LogP contribution in [-0.2, 0) is 42.2 Å². The molecule has 2 rings (SSSR count). The minimum absolute atomic E-state index is 0. The first kappa shape index (κ1) is 40.3. The third kappa shape index (κ3) is 16.5. The predicted molar refractivity (Wildman–Crippen MR) is 194 cm³/mol. The molecule has 0 aliphatic carbocycles. The largest absolute Gasteiger partial charge is 0.252 e. The van der Waals surface area contributed by atoms with Gasteiger partial charge in [0.05, 0.1) is 22.8 Å². The number of nitrogens with zero attached hydrogens (tertiary/aromatic N) is 2. The van der Waals surface area contributed by atoms with E-state index in [0.29, 0.717) is 0 Å². The maximum Gasteiger partial charge on any atom is 0.0639 e. The van der Waals surface area contributed by atoms with Gasteiger partial charge in [-0.3, -0.25) is 9.98 Å². The van der Waals surface area contributed by atoms with E-state index in [1.165, 1.54) is 130 Å². The van der Waals surface area contributed by atoms with Gasteiger partial charge in [0, 0.05) is 16.5 Å². The maximum atomic E-state index is 5.50. The van der Waals surface area contributed by atoms with Gasteiger partial charge >= 0.3 is 0 Å². The summed E-state index contributed by atoms with van der Waals surface area (Å²) in [6, 6.07) is 14.4. The van der Waals surface area contributed by atoms with Gasteiger partial charge in [-0.2, -0.15) is 0 Å². The first-order valence-corrected chi connectivity index (χ1v) is 18.5. The molecule has 0 aliphatic heterocycles. The number of aryl methyl sites for hydroxylation is 4. The van der Waals surface area contributed by atoms with Crippen molar-refractivity contribution in [1.82, 2.24) is 0 Å². The van der Waals surface area contributed by atoms with Gasteiger partial charge in [0.1, 0.15) is 0 Å². The normalized spacial score (nSPS) is 12.0. The number of rotatable bonds is 24. The first-order valence-electron chi connectivity index (χ1n) is 18.5. The van der Waals surface area contributed by atoms with Crippen molar-refractivity contribution in [3.8, 4) is 0 Å². The van der Waals surface area contributed by atoms with E-state index in [9.17, 15) is 0 Å². The van der Waals surface area contributed by atoms with Crippen LogP contribution in [0.2, 0.25) is 0 Å². The molecule has 0 spiro atoms. The molecular formula is C41H66N2Ni. The molecule has 0 heterocycles. The first-order chi connectivity index (χ1) is 21.1. The molecule has 0 unspecified atom stereocenters. The van der Waals surface area contributed by atoms with Crippen molar-refractivity contribution < 1.29 is 16.5 Å².